The minimum Gasteiger partial charge on any atom is -0.479 e. The van der Waals surface area contributed by atoms with Gasteiger partial charge in [0.2, 0.25) is 0 Å². The third-order valence-corrected chi connectivity index (χ3v) is 3.55. The van der Waals surface area contributed by atoms with Crippen LogP contribution in [0.5, 0.6) is 5.88 Å². The fourth-order valence-electron chi connectivity index (χ4n) is 2.30. The van der Waals surface area contributed by atoms with Gasteiger partial charge in [0, 0.05) is 6.07 Å². The Kier molecular flexibility index (Phi) is 2.56. The van der Waals surface area contributed by atoms with Crippen molar-refractivity contribution in [1.82, 2.24) is 24.5 Å². The second kappa shape index (κ2) is 4.44. The smallest absolute Gasteiger partial charge is 0.264 e. The lowest BCUT2D eigenvalue weighted by molar-refractivity contribution is 0.323. The molecule has 0 bridgehead atoms. The predicted molar refractivity (Wildman–Crippen MR) is 72.2 cm³/mol. The van der Waals surface area contributed by atoms with E-state index < -0.39 is 0 Å². The fraction of sp³-hybridized carbons (Fsp3) is 0.385. The van der Waals surface area contributed by atoms with Gasteiger partial charge in [0.25, 0.3) is 11.4 Å². The summed E-state index contributed by atoms with van der Waals surface area (Å²) in [4.78, 5) is 16.8. The fourth-order valence-corrected chi connectivity index (χ4v) is 2.30. The first kappa shape index (κ1) is 12.1. The molecule has 3 aromatic rings. The van der Waals surface area contributed by atoms with E-state index in [1.807, 2.05) is 4.68 Å². The number of nitrogens with zero attached hydrogens (tertiary/aromatic N) is 5. The molecule has 0 radical (unpaired) electrons. The van der Waals surface area contributed by atoms with Gasteiger partial charge in [0.15, 0.2) is 11.4 Å². The average Bonchev–Trinajstić information content (AvgIpc) is 3.08. The highest BCUT2D eigenvalue weighted by atomic mass is 16.5. The maximum Gasteiger partial charge on any atom is 0.264 e. The lowest BCUT2D eigenvalue weighted by Gasteiger charge is -2.03. The minimum atomic E-state index is -0.137. The van der Waals surface area contributed by atoms with Crippen molar-refractivity contribution in [2.75, 3.05) is 7.11 Å². The van der Waals surface area contributed by atoms with Gasteiger partial charge in [-0.1, -0.05) is 0 Å². The van der Waals surface area contributed by atoms with Gasteiger partial charge in [-0.3, -0.25) is 9.36 Å². The Morgan fingerprint density at radius 1 is 1.48 bits per heavy atom. The van der Waals surface area contributed by atoms with E-state index in [0.29, 0.717) is 28.7 Å². The summed E-state index contributed by atoms with van der Waals surface area (Å²) in [6.07, 6.45) is 5.29. The van der Waals surface area contributed by atoms with Crippen LogP contribution >= 0.6 is 0 Å². The van der Waals surface area contributed by atoms with E-state index >= 15 is 0 Å². The summed E-state index contributed by atoms with van der Waals surface area (Å²) < 4.78 is 13.4. The standard InChI is InChI=1S/C13H13N5O3/c1-20-11-4-9(21-16-11)6-17-7-14-12-10(13(17)19)5-15-18(12)8-2-3-8/h4-5,7-8H,2-3,6H2,1H3. The lowest BCUT2D eigenvalue weighted by Crippen LogP contribution is -2.20. The normalized spacial score (nSPS) is 14.7. The SMILES string of the molecule is COc1cc(Cn2cnc3c(cnn3C3CC3)c2=O)on1. The zero-order chi connectivity index (χ0) is 14.4. The molecular weight excluding hydrogens is 274 g/mol. The van der Waals surface area contributed by atoms with Crippen LogP contribution in [0.2, 0.25) is 0 Å². The van der Waals surface area contributed by atoms with Crippen molar-refractivity contribution in [1.29, 1.82) is 0 Å². The van der Waals surface area contributed by atoms with Crippen molar-refractivity contribution in [3.05, 3.63) is 34.7 Å². The molecule has 1 aliphatic carbocycles. The van der Waals surface area contributed by atoms with Crippen molar-refractivity contribution in [2.45, 2.75) is 25.4 Å². The molecule has 0 unspecified atom stereocenters. The second-order valence-corrected chi connectivity index (χ2v) is 5.07. The van der Waals surface area contributed by atoms with Gasteiger partial charge in [-0.15, -0.1) is 0 Å². The third kappa shape index (κ3) is 1.99. The van der Waals surface area contributed by atoms with Crippen molar-refractivity contribution < 1.29 is 9.26 Å². The minimum absolute atomic E-state index is 0.137. The maximum absolute atomic E-state index is 12.4. The first-order chi connectivity index (χ1) is 10.3. The maximum atomic E-state index is 12.4. The monoisotopic (exact) mass is 287 g/mol. The Hall–Kier alpha value is -2.64. The largest absolute Gasteiger partial charge is 0.479 e. The van der Waals surface area contributed by atoms with E-state index in [2.05, 4.69) is 15.2 Å². The van der Waals surface area contributed by atoms with E-state index in [4.69, 9.17) is 9.26 Å². The molecule has 0 N–H and O–H groups in total. The van der Waals surface area contributed by atoms with Crippen LogP contribution in [0.3, 0.4) is 0 Å². The zero-order valence-electron chi connectivity index (χ0n) is 11.4. The van der Waals surface area contributed by atoms with E-state index in [9.17, 15) is 4.79 Å². The quantitative estimate of drug-likeness (QED) is 0.710. The van der Waals surface area contributed by atoms with E-state index in [-0.39, 0.29) is 12.1 Å². The van der Waals surface area contributed by atoms with Crippen LogP contribution in [0, 0.1) is 0 Å². The molecule has 0 spiro atoms. The van der Waals surface area contributed by atoms with E-state index in [1.54, 1.807) is 12.3 Å². The molecular formula is C13H13N5O3. The number of hydrogen-bond donors (Lipinski definition) is 0. The summed E-state index contributed by atoms with van der Waals surface area (Å²) in [5.41, 5.74) is 0.510. The van der Waals surface area contributed by atoms with Gasteiger partial charge in [-0.05, 0) is 18.0 Å². The number of hydrogen-bond acceptors (Lipinski definition) is 6. The van der Waals surface area contributed by atoms with Crippen LogP contribution in [0.4, 0.5) is 0 Å². The Morgan fingerprint density at radius 3 is 3.05 bits per heavy atom. The van der Waals surface area contributed by atoms with E-state index in [1.165, 1.54) is 18.0 Å². The van der Waals surface area contributed by atoms with E-state index in [0.717, 1.165) is 12.8 Å². The molecule has 1 fully saturated rings. The average molecular weight is 287 g/mol. The molecule has 0 aromatic carbocycles. The Labute approximate surface area is 118 Å². The van der Waals surface area contributed by atoms with Gasteiger partial charge in [-0.2, -0.15) is 5.10 Å². The molecule has 3 aromatic heterocycles. The molecule has 1 aliphatic rings. The molecule has 8 heteroatoms. The van der Waals surface area contributed by atoms with Crippen LogP contribution in [0.15, 0.2) is 27.9 Å². The molecule has 3 heterocycles. The van der Waals surface area contributed by atoms with Crippen molar-refractivity contribution in [3.8, 4) is 5.88 Å². The van der Waals surface area contributed by atoms with Crippen molar-refractivity contribution in [2.24, 2.45) is 0 Å². The molecule has 0 amide bonds. The summed E-state index contributed by atoms with van der Waals surface area (Å²) >= 11 is 0. The molecule has 0 atom stereocenters. The van der Waals surface area contributed by atoms with Gasteiger partial charge in [0.05, 0.1) is 25.9 Å². The lowest BCUT2D eigenvalue weighted by atomic mass is 10.4. The first-order valence-corrected chi connectivity index (χ1v) is 6.68. The topological polar surface area (TPSA) is 88.0 Å². The van der Waals surface area contributed by atoms with Crippen LogP contribution in [0.25, 0.3) is 11.0 Å². The number of fused-ring (bicyclic) bond motifs is 1. The van der Waals surface area contributed by atoms with Gasteiger partial charge in [0.1, 0.15) is 11.7 Å². The molecule has 21 heavy (non-hydrogen) atoms. The molecule has 1 saturated carbocycles. The zero-order valence-corrected chi connectivity index (χ0v) is 11.4. The van der Waals surface area contributed by atoms with Gasteiger partial charge >= 0.3 is 0 Å². The summed E-state index contributed by atoms with van der Waals surface area (Å²) in [6.45, 7) is 0.257. The number of rotatable bonds is 4. The molecule has 8 nitrogen and oxygen atoms in total. The van der Waals surface area contributed by atoms with Crippen LogP contribution < -0.4 is 10.3 Å². The number of ether oxygens (including phenoxy) is 1. The molecule has 0 saturated heterocycles. The summed E-state index contributed by atoms with van der Waals surface area (Å²) in [7, 11) is 1.51. The third-order valence-electron chi connectivity index (χ3n) is 3.55. The van der Waals surface area contributed by atoms with Crippen molar-refractivity contribution >= 4 is 11.0 Å². The Balaban J connectivity index is 1.72. The summed E-state index contributed by atoms with van der Waals surface area (Å²) in [6, 6.07) is 2.04. The van der Waals surface area contributed by atoms with Crippen LogP contribution in [0.1, 0.15) is 24.6 Å². The Bertz CT molecular complexity index is 858. The van der Waals surface area contributed by atoms with Crippen molar-refractivity contribution in [3.63, 3.8) is 0 Å². The summed E-state index contributed by atoms with van der Waals surface area (Å²) in [5, 5.41) is 8.50. The highest BCUT2D eigenvalue weighted by Crippen LogP contribution is 2.35. The molecule has 0 aliphatic heterocycles. The highest BCUT2D eigenvalue weighted by molar-refractivity contribution is 5.73. The van der Waals surface area contributed by atoms with Crippen LogP contribution in [-0.2, 0) is 6.54 Å². The molecule has 108 valence electrons. The second-order valence-electron chi connectivity index (χ2n) is 5.07. The predicted octanol–water partition coefficient (Wildman–Crippen LogP) is 0.973. The van der Waals surface area contributed by atoms with Gasteiger partial charge < -0.3 is 9.26 Å². The Morgan fingerprint density at radius 2 is 2.33 bits per heavy atom. The highest BCUT2D eigenvalue weighted by Gasteiger charge is 2.27. The van der Waals surface area contributed by atoms with Gasteiger partial charge in [-0.25, -0.2) is 9.67 Å². The number of aromatic nitrogens is 5. The van der Waals surface area contributed by atoms with Crippen LogP contribution in [-0.4, -0.2) is 31.6 Å². The number of methoxy groups -OCH3 is 1. The first-order valence-electron chi connectivity index (χ1n) is 6.68. The molecule has 4 rings (SSSR count). The summed E-state index contributed by atoms with van der Waals surface area (Å²) in [5.74, 6) is 0.915.